The van der Waals surface area contributed by atoms with Gasteiger partial charge in [-0.25, -0.2) is 0 Å². The zero-order valence-electron chi connectivity index (χ0n) is 45.9. The molecule has 0 bridgehead atoms. The lowest BCUT2D eigenvalue weighted by molar-refractivity contribution is 0.426. The predicted molar refractivity (Wildman–Crippen MR) is 376 cm³/mol. The first-order chi connectivity index (χ1) is 41.5. The summed E-state index contributed by atoms with van der Waals surface area (Å²) in [5.74, 6) is 0. The van der Waals surface area contributed by atoms with E-state index in [1.807, 2.05) is 54.6 Å². The molecule has 0 atom stereocenters. The van der Waals surface area contributed by atoms with Crippen LogP contribution < -0.4 is 5.46 Å². The SMILES string of the molecule is C.Ic1ccc2c(ccc3ccccc32)c1.OB(O)c1c2ccccc2c(-c2ccccc2-c2ccccc2)c2ccccc12.c1ccc(-c2ccccc2-c2c3ccccc3c(-c3ccc4c(ccc5ccccc54)c3)c3ccccc23)cc1. The molecule has 0 aliphatic heterocycles. The van der Waals surface area contributed by atoms with Crippen molar-refractivity contribution in [3.8, 4) is 55.6 Å². The molecule has 16 rings (SSSR count). The number of fused-ring (bicyclic) bond motifs is 10. The van der Waals surface area contributed by atoms with Crippen molar-refractivity contribution >= 4 is 121 Å². The Morgan fingerprint density at radius 1 is 0.224 bits per heavy atom. The summed E-state index contributed by atoms with van der Waals surface area (Å²) in [5.41, 5.74) is 12.7. The molecule has 0 amide bonds. The summed E-state index contributed by atoms with van der Waals surface area (Å²) in [6, 6.07) is 112. The van der Waals surface area contributed by atoms with Crippen molar-refractivity contribution in [3.05, 3.63) is 319 Å². The van der Waals surface area contributed by atoms with E-state index in [2.05, 4.69) is 283 Å². The van der Waals surface area contributed by atoms with E-state index in [1.54, 1.807) is 0 Å². The fourth-order valence-corrected chi connectivity index (χ4v) is 13.3. The van der Waals surface area contributed by atoms with Gasteiger partial charge in [-0.2, -0.15) is 0 Å². The van der Waals surface area contributed by atoms with Crippen LogP contribution in [0.15, 0.2) is 315 Å². The molecule has 0 saturated carbocycles. The van der Waals surface area contributed by atoms with Crippen LogP contribution in [0.3, 0.4) is 0 Å². The third kappa shape index (κ3) is 10.3. The van der Waals surface area contributed by atoms with Gasteiger partial charge in [0.1, 0.15) is 0 Å². The highest BCUT2D eigenvalue weighted by molar-refractivity contribution is 14.1. The van der Waals surface area contributed by atoms with Gasteiger partial charge in [0.2, 0.25) is 0 Å². The average molecular weight is 1200 g/mol. The van der Waals surface area contributed by atoms with Gasteiger partial charge in [0.05, 0.1) is 0 Å². The largest absolute Gasteiger partial charge is 0.489 e. The molecule has 0 spiro atoms. The molecule has 0 radical (unpaired) electrons. The van der Waals surface area contributed by atoms with Gasteiger partial charge in [-0.3, -0.25) is 0 Å². The van der Waals surface area contributed by atoms with E-state index in [9.17, 15) is 10.0 Å². The van der Waals surface area contributed by atoms with Crippen LogP contribution in [0.5, 0.6) is 0 Å². The lowest BCUT2D eigenvalue weighted by Gasteiger charge is -2.20. The average Bonchev–Trinajstić information content (AvgIpc) is 1.56. The molecule has 0 fully saturated rings. The van der Waals surface area contributed by atoms with Crippen molar-refractivity contribution in [1.29, 1.82) is 0 Å². The molecule has 2 N–H and O–H groups in total. The highest BCUT2D eigenvalue weighted by Crippen LogP contribution is 2.47. The highest BCUT2D eigenvalue weighted by Gasteiger charge is 2.24. The van der Waals surface area contributed by atoms with Crippen LogP contribution in [-0.2, 0) is 0 Å². The Bertz CT molecular complexity index is 5020. The van der Waals surface area contributed by atoms with Crippen LogP contribution in [0.25, 0.3) is 142 Å². The summed E-state index contributed by atoms with van der Waals surface area (Å²) in [5, 5.41) is 39.6. The lowest BCUT2D eigenvalue weighted by Crippen LogP contribution is -2.31. The standard InChI is InChI=1S/C40H26.C26H19BO2.C14H9I.CH4/c1-2-12-27(13-3-1)32-16-6-7-17-34(32)40-37-20-10-8-18-35(37)39(36-19-9-11-21-38(36)40)30-24-25-33-29(26-30)23-22-28-14-4-5-15-31(28)33;28-27(29)26-23-16-8-6-14-21(23)25(22-15-7-9-17-24(22)26)20-13-5-4-12-19(20)18-10-2-1-3-11-18;15-12-7-8-14-11(9-12)6-5-10-3-1-2-4-13(10)14;/h1-26H;1-17,28-29H;1-9H;1H4. The Labute approximate surface area is 509 Å². The van der Waals surface area contributed by atoms with Gasteiger partial charge in [0, 0.05) is 3.57 Å². The molecule has 2 nitrogen and oxygen atoms in total. The van der Waals surface area contributed by atoms with Crippen LogP contribution in [0.1, 0.15) is 7.43 Å². The second kappa shape index (κ2) is 23.9. The van der Waals surface area contributed by atoms with Crippen LogP contribution in [0.2, 0.25) is 0 Å². The third-order valence-corrected chi connectivity index (χ3v) is 17.1. The van der Waals surface area contributed by atoms with E-state index in [4.69, 9.17) is 0 Å². The Hall–Kier alpha value is -9.69. The molecule has 0 heterocycles. The summed E-state index contributed by atoms with van der Waals surface area (Å²) >= 11 is 2.35. The van der Waals surface area contributed by atoms with Crippen LogP contribution in [-0.4, -0.2) is 17.2 Å². The fourth-order valence-electron chi connectivity index (χ4n) is 12.8. The third-order valence-electron chi connectivity index (χ3n) is 16.5. The highest BCUT2D eigenvalue weighted by atomic mass is 127. The van der Waals surface area contributed by atoms with Gasteiger partial charge in [-0.15, -0.1) is 0 Å². The first-order valence-corrected chi connectivity index (χ1v) is 29.6. The number of rotatable bonds is 6. The van der Waals surface area contributed by atoms with Gasteiger partial charge in [0.15, 0.2) is 0 Å². The van der Waals surface area contributed by atoms with Gasteiger partial charge >= 0.3 is 7.12 Å². The topological polar surface area (TPSA) is 40.5 Å². The quantitative estimate of drug-likeness (QED) is 0.0754. The zero-order chi connectivity index (χ0) is 56.5. The lowest BCUT2D eigenvalue weighted by atomic mass is 9.72. The van der Waals surface area contributed by atoms with Crippen molar-refractivity contribution in [1.82, 2.24) is 0 Å². The van der Waals surface area contributed by atoms with E-state index in [1.165, 1.54) is 102 Å². The van der Waals surface area contributed by atoms with Gasteiger partial charge in [-0.05, 0) is 188 Å². The number of benzene rings is 16. The second-order valence-corrected chi connectivity index (χ2v) is 22.5. The minimum Gasteiger partial charge on any atom is -0.423 e. The van der Waals surface area contributed by atoms with E-state index in [0.29, 0.717) is 5.46 Å². The first-order valence-electron chi connectivity index (χ1n) is 28.5. The second-order valence-electron chi connectivity index (χ2n) is 21.3. The Kier molecular flexibility index (Phi) is 15.3. The van der Waals surface area contributed by atoms with Crippen LogP contribution in [0.4, 0.5) is 0 Å². The maximum atomic E-state index is 10.2. The molecule has 0 aliphatic carbocycles. The van der Waals surface area contributed by atoms with Gasteiger partial charge in [0.25, 0.3) is 0 Å². The molecule has 4 heteroatoms. The summed E-state index contributed by atoms with van der Waals surface area (Å²) in [6.45, 7) is 0. The van der Waals surface area contributed by atoms with E-state index < -0.39 is 7.12 Å². The summed E-state index contributed by atoms with van der Waals surface area (Å²) in [7, 11) is -1.54. The van der Waals surface area contributed by atoms with Gasteiger partial charge in [-0.1, -0.05) is 305 Å². The zero-order valence-corrected chi connectivity index (χ0v) is 48.0. The molecule has 404 valence electrons. The molecule has 0 saturated heterocycles. The maximum Gasteiger partial charge on any atom is 0.489 e. The van der Waals surface area contributed by atoms with E-state index in [0.717, 1.165) is 43.8 Å². The van der Waals surface area contributed by atoms with Gasteiger partial charge < -0.3 is 10.0 Å². The molecule has 16 aromatic rings. The Morgan fingerprint density at radius 3 is 0.965 bits per heavy atom. The fraction of sp³-hybridized carbons (Fsp3) is 0.0123. The molecule has 0 aromatic heterocycles. The number of hydrogen-bond donors (Lipinski definition) is 2. The minimum absolute atomic E-state index is 0. The van der Waals surface area contributed by atoms with Crippen molar-refractivity contribution in [2.24, 2.45) is 0 Å². The number of halogens is 1. The monoisotopic (exact) mass is 1200 g/mol. The predicted octanol–water partition coefficient (Wildman–Crippen LogP) is 21.5. The summed E-state index contributed by atoms with van der Waals surface area (Å²) < 4.78 is 1.29. The van der Waals surface area contributed by atoms with E-state index in [-0.39, 0.29) is 7.43 Å². The van der Waals surface area contributed by atoms with Crippen molar-refractivity contribution in [2.75, 3.05) is 0 Å². The maximum absolute atomic E-state index is 10.2. The smallest absolute Gasteiger partial charge is 0.423 e. The molecule has 0 unspecified atom stereocenters. The van der Waals surface area contributed by atoms with Crippen LogP contribution in [0, 0.1) is 3.57 Å². The number of hydrogen-bond acceptors (Lipinski definition) is 2. The Morgan fingerprint density at radius 2 is 0.529 bits per heavy atom. The molecular formula is C81H58BIO2. The molecule has 16 aromatic carbocycles. The van der Waals surface area contributed by atoms with Crippen molar-refractivity contribution in [2.45, 2.75) is 7.43 Å². The first kappa shape index (κ1) is 54.6. The van der Waals surface area contributed by atoms with Crippen LogP contribution >= 0.6 is 22.6 Å². The van der Waals surface area contributed by atoms with E-state index >= 15 is 0 Å². The minimum atomic E-state index is -1.54. The molecular weight excluding hydrogens is 1140 g/mol. The van der Waals surface area contributed by atoms with Crippen molar-refractivity contribution in [3.63, 3.8) is 0 Å². The normalized spacial score (nSPS) is 11.1. The summed E-state index contributed by atoms with van der Waals surface area (Å²) in [4.78, 5) is 0. The van der Waals surface area contributed by atoms with Crippen molar-refractivity contribution < 1.29 is 10.0 Å². The Balaban J connectivity index is 0.000000130. The molecule has 85 heavy (non-hydrogen) atoms. The molecule has 0 aliphatic rings. The summed E-state index contributed by atoms with van der Waals surface area (Å²) in [6.07, 6.45) is 0.